The van der Waals surface area contributed by atoms with Crippen molar-refractivity contribution in [1.29, 1.82) is 0 Å². The molecule has 0 fully saturated rings. The smallest absolute Gasteiger partial charge is 0.307 e. The second-order valence-corrected chi connectivity index (χ2v) is 4.77. The summed E-state index contributed by atoms with van der Waals surface area (Å²) in [6, 6.07) is 8.05. The predicted molar refractivity (Wildman–Crippen MR) is 72.3 cm³/mol. The molecule has 0 amide bonds. The molecule has 1 N–H and O–H groups in total. The minimum Gasteiger partial charge on any atom is -0.481 e. The molecule has 0 saturated carbocycles. The SMILES string of the molecule is CN(C)Cc1cccc(-n2cc(CC(=O)O)cn2)c1. The summed E-state index contributed by atoms with van der Waals surface area (Å²) in [5, 5.41) is 12.9. The molecule has 0 aliphatic rings. The van der Waals surface area contributed by atoms with E-state index in [1.807, 2.05) is 26.2 Å². The van der Waals surface area contributed by atoms with Crippen molar-refractivity contribution in [2.75, 3.05) is 14.1 Å². The molecule has 1 aromatic carbocycles. The molecule has 100 valence electrons. The molecule has 0 atom stereocenters. The van der Waals surface area contributed by atoms with Crippen molar-refractivity contribution in [2.45, 2.75) is 13.0 Å². The first kappa shape index (κ1) is 13.3. The van der Waals surface area contributed by atoms with Gasteiger partial charge in [0.15, 0.2) is 0 Å². The zero-order valence-corrected chi connectivity index (χ0v) is 11.1. The largest absolute Gasteiger partial charge is 0.481 e. The molecule has 5 nitrogen and oxygen atoms in total. The van der Waals surface area contributed by atoms with Crippen LogP contribution >= 0.6 is 0 Å². The van der Waals surface area contributed by atoms with E-state index >= 15 is 0 Å². The molecular weight excluding hydrogens is 242 g/mol. The molecule has 1 heterocycles. The van der Waals surface area contributed by atoms with Crippen molar-refractivity contribution in [3.05, 3.63) is 47.8 Å². The van der Waals surface area contributed by atoms with Crippen molar-refractivity contribution in [3.63, 3.8) is 0 Å². The molecule has 0 aliphatic heterocycles. The van der Waals surface area contributed by atoms with E-state index in [1.54, 1.807) is 17.1 Å². The van der Waals surface area contributed by atoms with Crippen LogP contribution in [0.4, 0.5) is 0 Å². The maximum absolute atomic E-state index is 10.6. The quantitative estimate of drug-likeness (QED) is 0.885. The Bertz CT molecular complexity index is 576. The van der Waals surface area contributed by atoms with Gasteiger partial charge in [-0.3, -0.25) is 4.79 Å². The van der Waals surface area contributed by atoms with E-state index in [0.29, 0.717) is 5.56 Å². The lowest BCUT2D eigenvalue weighted by Crippen LogP contribution is -2.10. The minimum absolute atomic E-state index is 0.00259. The van der Waals surface area contributed by atoms with Crippen LogP contribution in [0.5, 0.6) is 0 Å². The van der Waals surface area contributed by atoms with Gasteiger partial charge in [0.25, 0.3) is 0 Å². The molecule has 0 aliphatic carbocycles. The van der Waals surface area contributed by atoms with Crippen LogP contribution in [-0.4, -0.2) is 39.9 Å². The number of aromatic nitrogens is 2. The lowest BCUT2D eigenvalue weighted by molar-refractivity contribution is -0.136. The fraction of sp³-hybridized carbons (Fsp3) is 0.286. The first-order chi connectivity index (χ1) is 9.04. The maximum Gasteiger partial charge on any atom is 0.307 e. The van der Waals surface area contributed by atoms with Crippen molar-refractivity contribution in [2.24, 2.45) is 0 Å². The molecule has 1 aromatic heterocycles. The summed E-state index contributed by atoms with van der Waals surface area (Å²) in [6.07, 6.45) is 3.34. The average Bonchev–Trinajstić information content (AvgIpc) is 2.76. The third-order valence-corrected chi connectivity index (χ3v) is 2.67. The molecule has 0 bridgehead atoms. The number of benzene rings is 1. The highest BCUT2D eigenvalue weighted by Gasteiger charge is 2.05. The van der Waals surface area contributed by atoms with Gasteiger partial charge in [-0.2, -0.15) is 5.10 Å². The summed E-state index contributed by atoms with van der Waals surface area (Å²) >= 11 is 0. The van der Waals surface area contributed by atoms with E-state index in [0.717, 1.165) is 12.2 Å². The van der Waals surface area contributed by atoms with Crippen LogP contribution in [0.1, 0.15) is 11.1 Å². The highest BCUT2D eigenvalue weighted by Crippen LogP contribution is 2.12. The highest BCUT2D eigenvalue weighted by molar-refractivity contribution is 5.69. The van der Waals surface area contributed by atoms with Gasteiger partial charge in [-0.05, 0) is 31.8 Å². The van der Waals surface area contributed by atoms with E-state index in [9.17, 15) is 4.79 Å². The second kappa shape index (κ2) is 5.67. The van der Waals surface area contributed by atoms with Crippen molar-refractivity contribution in [3.8, 4) is 5.69 Å². The Morgan fingerprint density at radius 2 is 2.16 bits per heavy atom. The van der Waals surface area contributed by atoms with Crippen LogP contribution < -0.4 is 0 Å². The molecule has 2 aromatic rings. The zero-order chi connectivity index (χ0) is 13.8. The number of rotatable bonds is 5. The maximum atomic E-state index is 10.6. The highest BCUT2D eigenvalue weighted by atomic mass is 16.4. The normalized spacial score (nSPS) is 10.9. The molecule has 5 heteroatoms. The Kier molecular flexibility index (Phi) is 3.97. The lowest BCUT2D eigenvalue weighted by Gasteiger charge is -2.10. The average molecular weight is 259 g/mol. The molecule has 0 spiro atoms. The summed E-state index contributed by atoms with van der Waals surface area (Å²) < 4.78 is 1.71. The van der Waals surface area contributed by atoms with Crippen LogP contribution in [0, 0.1) is 0 Å². The number of carbonyl (C=O) groups is 1. The zero-order valence-electron chi connectivity index (χ0n) is 11.1. The van der Waals surface area contributed by atoms with Crippen molar-refractivity contribution >= 4 is 5.97 Å². The second-order valence-electron chi connectivity index (χ2n) is 4.77. The first-order valence-electron chi connectivity index (χ1n) is 6.04. The van der Waals surface area contributed by atoms with Gasteiger partial charge in [-0.25, -0.2) is 4.68 Å². The van der Waals surface area contributed by atoms with Gasteiger partial charge in [-0.1, -0.05) is 12.1 Å². The summed E-state index contributed by atoms with van der Waals surface area (Å²) in [5.74, 6) is -0.846. The Morgan fingerprint density at radius 3 is 2.84 bits per heavy atom. The van der Waals surface area contributed by atoms with E-state index < -0.39 is 5.97 Å². The van der Waals surface area contributed by atoms with Crippen LogP contribution in [-0.2, 0) is 17.8 Å². The first-order valence-corrected chi connectivity index (χ1v) is 6.04. The van der Waals surface area contributed by atoms with Gasteiger partial charge in [-0.15, -0.1) is 0 Å². The van der Waals surface area contributed by atoms with Crippen LogP contribution in [0.25, 0.3) is 5.69 Å². The number of hydrogen-bond donors (Lipinski definition) is 1. The standard InChI is InChI=1S/C14H17N3O2/c1-16(2)9-11-4-3-5-13(6-11)17-10-12(8-15-17)7-14(18)19/h3-6,8,10H,7,9H2,1-2H3,(H,18,19). The third kappa shape index (κ3) is 3.66. The summed E-state index contributed by atoms with van der Waals surface area (Å²) in [5.41, 5.74) is 2.83. The van der Waals surface area contributed by atoms with Gasteiger partial charge in [0.05, 0.1) is 18.3 Å². The monoisotopic (exact) mass is 259 g/mol. The molecule has 0 saturated heterocycles. The third-order valence-electron chi connectivity index (χ3n) is 2.67. The fourth-order valence-corrected chi connectivity index (χ4v) is 1.93. The Morgan fingerprint density at radius 1 is 1.37 bits per heavy atom. The number of carboxylic acid groups (broad SMARTS) is 1. The minimum atomic E-state index is -0.846. The fourth-order valence-electron chi connectivity index (χ4n) is 1.93. The Hall–Kier alpha value is -2.14. The van der Waals surface area contributed by atoms with Gasteiger partial charge >= 0.3 is 5.97 Å². The summed E-state index contributed by atoms with van der Waals surface area (Å²) in [6.45, 7) is 0.858. The summed E-state index contributed by atoms with van der Waals surface area (Å²) in [4.78, 5) is 12.7. The van der Waals surface area contributed by atoms with Gasteiger partial charge in [0, 0.05) is 18.3 Å². The number of aliphatic carboxylic acids is 1. The van der Waals surface area contributed by atoms with Crippen LogP contribution in [0.15, 0.2) is 36.7 Å². The number of nitrogens with zero attached hydrogens (tertiary/aromatic N) is 3. The van der Waals surface area contributed by atoms with Crippen LogP contribution in [0.2, 0.25) is 0 Å². The lowest BCUT2D eigenvalue weighted by atomic mass is 10.2. The molecule has 0 unspecified atom stereocenters. The molecule has 0 radical (unpaired) electrons. The summed E-state index contributed by atoms with van der Waals surface area (Å²) in [7, 11) is 4.04. The van der Waals surface area contributed by atoms with Gasteiger partial charge in [0.1, 0.15) is 0 Å². The number of hydrogen-bond acceptors (Lipinski definition) is 3. The van der Waals surface area contributed by atoms with Gasteiger partial charge < -0.3 is 10.0 Å². The van der Waals surface area contributed by atoms with Crippen molar-refractivity contribution < 1.29 is 9.90 Å². The molecule has 19 heavy (non-hydrogen) atoms. The Labute approximate surface area is 112 Å². The molecular formula is C14H17N3O2. The topological polar surface area (TPSA) is 58.4 Å². The number of carboxylic acids is 1. The van der Waals surface area contributed by atoms with Crippen LogP contribution in [0.3, 0.4) is 0 Å². The predicted octanol–water partition coefficient (Wildman–Crippen LogP) is 1.56. The Balaban J connectivity index is 2.21. The van der Waals surface area contributed by atoms with E-state index in [2.05, 4.69) is 22.1 Å². The van der Waals surface area contributed by atoms with Crippen molar-refractivity contribution in [1.82, 2.24) is 14.7 Å². The van der Waals surface area contributed by atoms with E-state index in [-0.39, 0.29) is 6.42 Å². The van der Waals surface area contributed by atoms with E-state index in [4.69, 9.17) is 5.11 Å². The van der Waals surface area contributed by atoms with Gasteiger partial charge in [0.2, 0.25) is 0 Å². The molecule has 2 rings (SSSR count). The van der Waals surface area contributed by atoms with E-state index in [1.165, 1.54) is 5.56 Å².